The molecule has 0 aromatic carbocycles. The van der Waals surface area contributed by atoms with E-state index >= 15 is 0 Å². The Morgan fingerprint density at radius 2 is 1.91 bits per heavy atom. The Morgan fingerprint density at radius 3 is 2.41 bits per heavy atom. The standard InChI is InChI=1S/C19H34O3/c1-8-11-12-13(4)14(5)17(20)18-19(6,7)15(9-2)21-16(10-3)22-18/h10,15-18,20H,3,8-9,11-12H2,1-2,4-7H3/b14-13+/t15-,16?,17-,18-/m0/s1. The van der Waals surface area contributed by atoms with Crippen molar-refractivity contribution < 1.29 is 14.6 Å². The van der Waals surface area contributed by atoms with Gasteiger partial charge in [-0.3, -0.25) is 0 Å². The number of aliphatic hydroxyl groups excluding tert-OH is 1. The highest BCUT2D eigenvalue weighted by molar-refractivity contribution is 5.18. The minimum atomic E-state index is -0.604. The Kier molecular flexibility index (Phi) is 7.30. The zero-order chi connectivity index (χ0) is 16.9. The monoisotopic (exact) mass is 310 g/mol. The largest absolute Gasteiger partial charge is 0.386 e. The quantitative estimate of drug-likeness (QED) is 0.698. The summed E-state index contributed by atoms with van der Waals surface area (Å²) in [7, 11) is 0. The molecule has 3 nitrogen and oxygen atoms in total. The lowest BCUT2D eigenvalue weighted by Crippen LogP contribution is -2.56. The van der Waals surface area contributed by atoms with Crippen molar-refractivity contribution >= 4 is 0 Å². The van der Waals surface area contributed by atoms with Gasteiger partial charge in [0.25, 0.3) is 0 Å². The van der Waals surface area contributed by atoms with Crippen molar-refractivity contribution in [3.05, 3.63) is 23.8 Å². The summed E-state index contributed by atoms with van der Waals surface area (Å²) in [5.41, 5.74) is 2.05. The summed E-state index contributed by atoms with van der Waals surface area (Å²) in [6.45, 7) is 16.4. The third-order valence-corrected chi connectivity index (χ3v) is 5.01. The van der Waals surface area contributed by atoms with Gasteiger partial charge >= 0.3 is 0 Å². The molecule has 1 rings (SSSR count). The summed E-state index contributed by atoms with van der Waals surface area (Å²) < 4.78 is 11.9. The molecule has 1 heterocycles. The first-order chi connectivity index (χ1) is 10.3. The molecule has 0 aromatic rings. The summed E-state index contributed by atoms with van der Waals surface area (Å²) in [5, 5.41) is 10.9. The Labute approximate surface area is 136 Å². The number of rotatable bonds is 7. The fourth-order valence-corrected chi connectivity index (χ4v) is 3.21. The summed E-state index contributed by atoms with van der Waals surface area (Å²) in [5.74, 6) is 0. The molecule has 128 valence electrons. The summed E-state index contributed by atoms with van der Waals surface area (Å²) >= 11 is 0. The van der Waals surface area contributed by atoms with Crippen molar-refractivity contribution in [1.29, 1.82) is 0 Å². The van der Waals surface area contributed by atoms with E-state index in [9.17, 15) is 5.11 Å². The number of allylic oxidation sites excluding steroid dienone is 1. The molecular weight excluding hydrogens is 276 g/mol. The molecule has 1 fully saturated rings. The SMILES string of the molecule is C=CC1O[C@@H](CC)C(C)(C)[C@H]([C@@H](O)/C(C)=C(\C)CCCC)O1. The number of unbranched alkanes of at least 4 members (excludes halogenated alkanes) is 1. The molecule has 22 heavy (non-hydrogen) atoms. The van der Waals surface area contributed by atoms with Crippen LogP contribution in [0.25, 0.3) is 0 Å². The molecule has 0 radical (unpaired) electrons. The molecule has 0 aromatic heterocycles. The van der Waals surface area contributed by atoms with Gasteiger partial charge in [-0.2, -0.15) is 0 Å². The molecular formula is C19H34O3. The van der Waals surface area contributed by atoms with Crippen LogP contribution in [-0.2, 0) is 9.47 Å². The molecule has 0 spiro atoms. The molecule has 1 aliphatic rings. The predicted octanol–water partition coefficient (Wildman–Crippen LogP) is 4.61. The Bertz CT molecular complexity index is 397. The molecule has 4 atom stereocenters. The summed E-state index contributed by atoms with van der Waals surface area (Å²) in [6.07, 6.45) is 4.62. The summed E-state index contributed by atoms with van der Waals surface area (Å²) in [6, 6.07) is 0. The molecule has 1 N–H and O–H groups in total. The zero-order valence-corrected chi connectivity index (χ0v) is 15.2. The van der Waals surface area contributed by atoms with Crippen molar-refractivity contribution in [2.75, 3.05) is 0 Å². The highest BCUT2D eigenvalue weighted by Crippen LogP contribution is 2.41. The van der Waals surface area contributed by atoms with Gasteiger partial charge in [-0.25, -0.2) is 0 Å². The van der Waals surface area contributed by atoms with E-state index in [1.807, 2.05) is 6.92 Å². The van der Waals surface area contributed by atoms with Crippen LogP contribution in [-0.4, -0.2) is 29.7 Å². The fraction of sp³-hybridized carbons (Fsp3) is 0.789. The second-order valence-electron chi connectivity index (χ2n) is 7.03. The Morgan fingerprint density at radius 1 is 1.27 bits per heavy atom. The topological polar surface area (TPSA) is 38.7 Å². The van der Waals surface area contributed by atoms with E-state index in [2.05, 4.69) is 41.2 Å². The van der Waals surface area contributed by atoms with Crippen LogP contribution in [0.1, 0.15) is 67.2 Å². The van der Waals surface area contributed by atoms with E-state index in [0.29, 0.717) is 0 Å². The molecule has 3 heteroatoms. The van der Waals surface area contributed by atoms with Crippen LogP contribution < -0.4 is 0 Å². The minimum absolute atomic E-state index is 0.0487. The van der Waals surface area contributed by atoms with E-state index < -0.39 is 12.4 Å². The van der Waals surface area contributed by atoms with Gasteiger partial charge in [0.2, 0.25) is 0 Å². The number of hydrogen-bond donors (Lipinski definition) is 1. The number of ether oxygens (including phenoxy) is 2. The van der Waals surface area contributed by atoms with E-state index in [-0.39, 0.29) is 17.6 Å². The lowest BCUT2D eigenvalue weighted by atomic mass is 9.74. The van der Waals surface area contributed by atoms with Crippen molar-refractivity contribution in [2.45, 2.75) is 91.8 Å². The lowest BCUT2D eigenvalue weighted by molar-refractivity contribution is -0.289. The van der Waals surface area contributed by atoms with Crippen molar-refractivity contribution in [3.8, 4) is 0 Å². The fourth-order valence-electron chi connectivity index (χ4n) is 3.21. The first-order valence-corrected chi connectivity index (χ1v) is 8.57. The van der Waals surface area contributed by atoms with E-state index in [4.69, 9.17) is 9.47 Å². The maximum absolute atomic E-state index is 10.9. The third-order valence-electron chi connectivity index (χ3n) is 5.01. The first kappa shape index (κ1) is 19.4. The van der Waals surface area contributed by atoms with Gasteiger partial charge in [0.1, 0.15) is 6.10 Å². The molecule has 1 saturated heterocycles. The molecule has 0 bridgehead atoms. The molecule has 0 saturated carbocycles. The van der Waals surface area contributed by atoms with Crippen LogP contribution in [0.2, 0.25) is 0 Å². The lowest BCUT2D eigenvalue weighted by Gasteiger charge is -2.48. The summed E-state index contributed by atoms with van der Waals surface area (Å²) in [4.78, 5) is 0. The minimum Gasteiger partial charge on any atom is -0.386 e. The van der Waals surface area contributed by atoms with Crippen LogP contribution in [0.5, 0.6) is 0 Å². The maximum atomic E-state index is 10.9. The van der Waals surface area contributed by atoms with Gasteiger partial charge in [-0.15, -0.1) is 0 Å². The van der Waals surface area contributed by atoms with Gasteiger partial charge in [0, 0.05) is 5.41 Å². The first-order valence-electron chi connectivity index (χ1n) is 8.57. The molecule has 0 amide bonds. The van der Waals surface area contributed by atoms with Crippen molar-refractivity contribution in [1.82, 2.24) is 0 Å². The van der Waals surface area contributed by atoms with Crippen LogP contribution >= 0.6 is 0 Å². The van der Waals surface area contributed by atoms with E-state index in [0.717, 1.165) is 31.3 Å². The second kappa shape index (κ2) is 8.28. The van der Waals surface area contributed by atoms with Gasteiger partial charge in [0.15, 0.2) is 6.29 Å². The molecule has 0 aliphatic carbocycles. The van der Waals surface area contributed by atoms with Crippen LogP contribution in [0.15, 0.2) is 23.8 Å². The number of hydrogen-bond acceptors (Lipinski definition) is 3. The number of aliphatic hydroxyl groups is 1. The highest BCUT2D eigenvalue weighted by atomic mass is 16.7. The Balaban J connectivity index is 3.01. The van der Waals surface area contributed by atoms with Crippen LogP contribution in [0, 0.1) is 5.41 Å². The van der Waals surface area contributed by atoms with Gasteiger partial charge in [-0.1, -0.05) is 46.3 Å². The zero-order valence-electron chi connectivity index (χ0n) is 15.2. The molecule has 1 aliphatic heterocycles. The normalized spacial score (nSPS) is 30.6. The smallest absolute Gasteiger partial charge is 0.177 e. The molecule has 1 unspecified atom stereocenters. The van der Waals surface area contributed by atoms with Crippen molar-refractivity contribution in [3.63, 3.8) is 0 Å². The highest BCUT2D eigenvalue weighted by Gasteiger charge is 2.47. The van der Waals surface area contributed by atoms with Crippen LogP contribution in [0.3, 0.4) is 0 Å². The Hall–Kier alpha value is -0.640. The van der Waals surface area contributed by atoms with Gasteiger partial charge in [-0.05, 0) is 44.8 Å². The third kappa shape index (κ3) is 4.21. The maximum Gasteiger partial charge on any atom is 0.177 e. The van der Waals surface area contributed by atoms with E-state index in [1.165, 1.54) is 5.57 Å². The van der Waals surface area contributed by atoms with Gasteiger partial charge < -0.3 is 14.6 Å². The van der Waals surface area contributed by atoms with E-state index in [1.54, 1.807) is 6.08 Å². The predicted molar refractivity (Wildman–Crippen MR) is 91.7 cm³/mol. The average molecular weight is 310 g/mol. The van der Waals surface area contributed by atoms with Crippen molar-refractivity contribution in [2.24, 2.45) is 5.41 Å². The average Bonchev–Trinajstić information content (AvgIpc) is 2.50. The van der Waals surface area contributed by atoms with Gasteiger partial charge in [0.05, 0.1) is 12.2 Å². The van der Waals surface area contributed by atoms with Crippen LogP contribution in [0.4, 0.5) is 0 Å². The second-order valence-corrected chi connectivity index (χ2v) is 7.03.